The zero-order chi connectivity index (χ0) is 25.4. The first-order valence-corrected chi connectivity index (χ1v) is 12.6. The predicted molar refractivity (Wildman–Crippen MR) is 133 cm³/mol. The molecule has 2 N–H and O–H groups in total. The van der Waals surface area contributed by atoms with Crippen LogP contribution in [-0.2, 0) is 9.47 Å². The molecule has 2 aromatic rings. The molecule has 0 radical (unpaired) electrons. The van der Waals surface area contributed by atoms with Gasteiger partial charge in [-0.2, -0.15) is 10.4 Å². The minimum Gasteiger partial charge on any atom is -0.475 e. The van der Waals surface area contributed by atoms with Gasteiger partial charge in [-0.3, -0.25) is 0 Å². The summed E-state index contributed by atoms with van der Waals surface area (Å²) >= 11 is 0. The Labute approximate surface area is 211 Å². The molecule has 36 heavy (non-hydrogen) atoms. The number of halogens is 1. The predicted octanol–water partition coefficient (Wildman–Crippen LogP) is 3.72. The fraction of sp³-hybridized carbons (Fsp3) is 0.615. The molecule has 2 aliphatic rings. The van der Waals surface area contributed by atoms with Gasteiger partial charge in [-0.15, -0.1) is 5.10 Å². The standard InChI is InChI=1S/C26H35FN6O3/c1-18(15-34-2)31-20-3-5-21(6-4-20)32-24-12-22(23(27)14-29-24)19-11-25(33-30-13-19)36-17-26(16-28)7-9-35-10-8-26/h11-14,18,20-21,31H,3-10,15,17H2,1-2H3,(H,29,32)/t18-,20?,21?/m1/s1. The topological polar surface area (TPSA) is 114 Å². The summed E-state index contributed by atoms with van der Waals surface area (Å²) in [5, 5.41) is 24.7. The van der Waals surface area contributed by atoms with E-state index < -0.39 is 11.2 Å². The molecule has 1 aliphatic carbocycles. The van der Waals surface area contributed by atoms with Gasteiger partial charge in [0, 0.05) is 55.6 Å². The van der Waals surface area contributed by atoms with Crippen LogP contribution in [0.4, 0.5) is 10.2 Å². The molecule has 9 nitrogen and oxygen atoms in total. The fourth-order valence-electron chi connectivity index (χ4n) is 4.88. The lowest BCUT2D eigenvalue weighted by molar-refractivity contribution is 0.0181. The highest BCUT2D eigenvalue weighted by Crippen LogP contribution is 2.32. The molecule has 1 aliphatic heterocycles. The Bertz CT molecular complexity index is 1030. The van der Waals surface area contributed by atoms with Crippen LogP contribution in [0, 0.1) is 22.6 Å². The maximum absolute atomic E-state index is 14.7. The summed E-state index contributed by atoms with van der Waals surface area (Å²) in [6, 6.07) is 6.81. The third-order valence-electron chi connectivity index (χ3n) is 7.00. The number of pyridine rings is 1. The second-order valence-electron chi connectivity index (χ2n) is 9.84. The zero-order valence-corrected chi connectivity index (χ0v) is 21.0. The molecule has 0 spiro atoms. The smallest absolute Gasteiger partial charge is 0.234 e. The van der Waals surface area contributed by atoms with E-state index in [1.165, 1.54) is 12.4 Å². The van der Waals surface area contributed by atoms with E-state index in [2.05, 4.69) is 38.8 Å². The minimum atomic E-state index is -0.606. The molecular formula is C26H35FN6O3. The van der Waals surface area contributed by atoms with Gasteiger partial charge in [0.05, 0.1) is 30.5 Å². The van der Waals surface area contributed by atoms with Crippen molar-refractivity contribution in [3.63, 3.8) is 0 Å². The van der Waals surface area contributed by atoms with E-state index in [0.29, 0.717) is 61.7 Å². The van der Waals surface area contributed by atoms with E-state index in [1.54, 1.807) is 19.2 Å². The average Bonchev–Trinajstić information content (AvgIpc) is 2.90. The van der Waals surface area contributed by atoms with Crippen molar-refractivity contribution in [3.05, 3.63) is 30.3 Å². The number of rotatable bonds is 10. The molecule has 1 atom stereocenters. The highest BCUT2D eigenvalue weighted by Gasteiger charge is 2.34. The van der Waals surface area contributed by atoms with E-state index >= 15 is 0 Å². The number of hydrogen-bond acceptors (Lipinski definition) is 9. The first-order chi connectivity index (χ1) is 17.5. The summed E-state index contributed by atoms with van der Waals surface area (Å²) in [5.41, 5.74) is 0.309. The molecule has 1 saturated heterocycles. The quantitative estimate of drug-likeness (QED) is 0.506. The van der Waals surface area contributed by atoms with Gasteiger partial charge in [-0.05, 0) is 51.5 Å². The van der Waals surface area contributed by atoms with Crippen molar-refractivity contribution in [2.75, 3.05) is 38.9 Å². The molecule has 4 rings (SSSR count). The summed E-state index contributed by atoms with van der Waals surface area (Å²) in [4.78, 5) is 4.26. The molecule has 0 amide bonds. The van der Waals surface area contributed by atoms with E-state index in [-0.39, 0.29) is 18.5 Å². The van der Waals surface area contributed by atoms with Crippen LogP contribution < -0.4 is 15.4 Å². The van der Waals surface area contributed by atoms with Gasteiger partial charge in [-0.25, -0.2) is 9.37 Å². The maximum atomic E-state index is 14.7. The van der Waals surface area contributed by atoms with Crippen LogP contribution >= 0.6 is 0 Å². The Morgan fingerprint density at radius 3 is 2.67 bits per heavy atom. The highest BCUT2D eigenvalue weighted by molar-refractivity contribution is 5.67. The maximum Gasteiger partial charge on any atom is 0.234 e. The number of nitrogens with zero attached hydrogens (tertiary/aromatic N) is 4. The van der Waals surface area contributed by atoms with Crippen molar-refractivity contribution in [2.45, 2.75) is 63.6 Å². The second-order valence-corrected chi connectivity index (χ2v) is 9.84. The number of methoxy groups -OCH3 is 1. The van der Waals surface area contributed by atoms with E-state index in [4.69, 9.17) is 14.2 Å². The molecule has 0 aromatic carbocycles. The third kappa shape index (κ3) is 6.87. The third-order valence-corrected chi connectivity index (χ3v) is 7.00. The van der Waals surface area contributed by atoms with Crippen LogP contribution in [0.1, 0.15) is 45.4 Å². The first-order valence-electron chi connectivity index (χ1n) is 12.6. The minimum absolute atomic E-state index is 0.193. The van der Waals surface area contributed by atoms with Crippen LogP contribution in [0.2, 0.25) is 0 Å². The Kier molecular flexibility index (Phi) is 9.02. The number of ether oxygens (including phenoxy) is 3. The molecule has 1 saturated carbocycles. The van der Waals surface area contributed by atoms with E-state index in [1.807, 2.05) is 0 Å². The lowest BCUT2D eigenvalue weighted by atomic mass is 9.83. The number of aromatic nitrogens is 3. The number of nitriles is 1. The zero-order valence-electron chi connectivity index (χ0n) is 21.0. The van der Waals surface area contributed by atoms with Gasteiger partial charge in [0.1, 0.15) is 18.2 Å². The van der Waals surface area contributed by atoms with Crippen molar-refractivity contribution in [2.24, 2.45) is 5.41 Å². The van der Waals surface area contributed by atoms with E-state index in [0.717, 1.165) is 25.7 Å². The molecule has 3 heterocycles. The monoisotopic (exact) mass is 498 g/mol. The number of anilines is 1. The fourth-order valence-corrected chi connectivity index (χ4v) is 4.88. The number of nitrogens with one attached hydrogen (secondary N) is 2. The van der Waals surface area contributed by atoms with E-state index in [9.17, 15) is 9.65 Å². The van der Waals surface area contributed by atoms with Crippen LogP contribution in [0.5, 0.6) is 5.88 Å². The van der Waals surface area contributed by atoms with Crippen molar-refractivity contribution in [1.29, 1.82) is 5.26 Å². The van der Waals surface area contributed by atoms with Gasteiger partial charge < -0.3 is 24.8 Å². The van der Waals surface area contributed by atoms with Gasteiger partial charge in [0.25, 0.3) is 0 Å². The van der Waals surface area contributed by atoms with Crippen LogP contribution in [0.15, 0.2) is 24.5 Å². The molecule has 0 bridgehead atoms. The Balaban J connectivity index is 1.37. The van der Waals surface area contributed by atoms with Crippen LogP contribution in [0.3, 0.4) is 0 Å². The summed E-state index contributed by atoms with van der Waals surface area (Å²) in [5.74, 6) is 0.436. The van der Waals surface area contributed by atoms with Crippen LogP contribution in [-0.4, -0.2) is 66.8 Å². The first kappa shape index (κ1) is 26.2. The molecule has 194 valence electrons. The van der Waals surface area contributed by atoms with Gasteiger partial charge >= 0.3 is 0 Å². The lowest BCUT2D eigenvalue weighted by Crippen LogP contribution is -2.42. The second kappa shape index (κ2) is 12.4. The molecular weight excluding hydrogens is 463 g/mol. The summed E-state index contributed by atoms with van der Waals surface area (Å²) in [6.07, 6.45) is 8.07. The Morgan fingerprint density at radius 1 is 1.19 bits per heavy atom. The summed E-state index contributed by atoms with van der Waals surface area (Å²) in [7, 11) is 1.72. The van der Waals surface area contributed by atoms with Crippen LogP contribution in [0.25, 0.3) is 11.1 Å². The largest absolute Gasteiger partial charge is 0.475 e. The van der Waals surface area contributed by atoms with Crippen molar-refractivity contribution in [3.8, 4) is 23.1 Å². The number of hydrogen-bond donors (Lipinski definition) is 2. The molecule has 2 fully saturated rings. The van der Waals surface area contributed by atoms with Gasteiger partial charge in [0.15, 0.2) is 0 Å². The highest BCUT2D eigenvalue weighted by atomic mass is 19.1. The van der Waals surface area contributed by atoms with Gasteiger partial charge in [0.2, 0.25) is 5.88 Å². The lowest BCUT2D eigenvalue weighted by Gasteiger charge is -2.31. The van der Waals surface area contributed by atoms with Crippen molar-refractivity contribution in [1.82, 2.24) is 20.5 Å². The Morgan fingerprint density at radius 2 is 1.94 bits per heavy atom. The van der Waals surface area contributed by atoms with Crippen molar-refractivity contribution < 1.29 is 18.6 Å². The van der Waals surface area contributed by atoms with Crippen molar-refractivity contribution >= 4 is 5.82 Å². The molecule has 0 unspecified atom stereocenters. The summed E-state index contributed by atoms with van der Waals surface area (Å²) in [6.45, 7) is 4.09. The molecule has 10 heteroatoms. The van der Waals surface area contributed by atoms with Gasteiger partial charge in [-0.1, -0.05) is 0 Å². The molecule has 2 aromatic heterocycles. The normalized spacial score (nSPS) is 22.4. The Hall–Kier alpha value is -2.87. The average molecular weight is 499 g/mol. The summed E-state index contributed by atoms with van der Waals surface area (Å²) < 4.78 is 31.1. The SMILES string of the molecule is COC[C@@H](C)NC1CCC(Nc2cc(-c3cnnc(OCC4(C#N)CCOCC4)c3)c(F)cn2)CC1.